The van der Waals surface area contributed by atoms with Crippen LogP contribution in [0.4, 0.5) is 0 Å². The van der Waals surface area contributed by atoms with E-state index in [4.69, 9.17) is 0 Å². The van der Waals surface area contributed by atoms with E-state index >= 15 is 0 Å². The van der Waals surface area contributed by atoms with Crippen molar-refractivity contribution in [2.75, 3.05) is 19.6 Å². The van der Waals surface area contributed by atoms with Gasteiger partial charge in [0.05, 0.1) is 12.6 Å². The summed E-state index contributed by atoms with van der Waals surface area (Å²) in [7, 11) is 0. The molecule has 2 aliphatic rings. The summed E-state index contributed by atoms with van der Waals surface area (Å²) in [6.07, 6.45) is 0.452. The predicted molar refractivity (Wildman–Crippen MR) is 80.8 cm³/mol. The Morgan fingerprint density at radius 3 is 2.76 bits per heavy atom. The molecule has 0 aromatic heterocycles. The molecule has 1 unspecified atom stereocenters. The standard InChI is InChI=1S/C17H22N2O2/c1-4-15(20)18-9-14-12-7-5-6-8-13(12)17(2,3)11-19(14)16(21)10-18/h5-8,14H,4,9-11H2,1-3H3. The number of carbonyl (C=O) groups is 2. The molecule has 21 heavy (non-hydrogen) atoms. The maximum atomic E-state index is 12.5. The van der Waals surface area contributed by atoms with E-state index in [1.807, 2.05) is 17.9 Å². The van der Waals surface area contributed by atoms with E-state index in [9.17, 15) is 9.59 Å². The fourth-order valence-corrected chi connectivity index (χ4v) is 3.59. The number of amides is 2. The minimum Gasteiger partial charge on any atom is -0.331 e. The van der Waals surface area contributed by atoms with Crippen LogP contribution in [-0.4, -0.2) is 41.2 Å². The number of hydrogen-bond acceptors (Lipinski definition) is 2. The van der Waals surface area contributed by atoms with Crippen LogP contribution >= 0.6 is 0 Å². The van der Waals surface area contributed by atoms with Gasteiger partial charge in [0.25, 0.3) is 0 Å². The van der Waals surface area contributed by atoms with Gasteiger partial charge in [-0.2, -0.15) is 0 Å². The van der Waals surface area contributed by atoms with Gasteiger partial charge in [-0.3, -0.25) is 9.59 Å². The van der Waals surface area contributed by atoms with E-state index in [-0.39, 0.29) is 29.8 Å². The Hall–Kier alpha value is -1.84. The quantitative estimate of drug-likeness (QED) is 0.793. The number of hydrogen-bond donors (Lipinski definition) is 0. The third-order valence-electron chi connectivity index (χ3n) is 4.69. The molecule has 4 nitrogen and oxygen atoms in total. The topological polar surface area (TPSA) is 40.6 Å². The summed E-state index contributed by atoms with van der Waals surface area (Å²) >= 11 is 0. The number of carbonyl (C=O) groups excluding carboxylic acids is 2. The molecule has 0 bridgehead atoms. The smallest absolute Gasteiger partial charge is 0.242 e. The first-order valence-corrected chi connectivity index (χ1v) is 7.60. The second kappa shape index (κ2) is 4.86. The molecule has 2 amide bonds. The molecule has 1 saturated heterocycles. The Morgan fingerprint density at radius 2 is 2.05 bits per heavy atom. The highest BCUT2D eigenvalue weighted by Crippen LogP contribution is 2.41. The Bertz CT molecular complexity index is 594. The van der Waals surface area contributed by atoms with Crippen molar-refractivity contribution in [3.05, 3.63) is 35.4 Å². The molecule has 0 N–H and O–H groups in total. The van der Waals surface area contributed by atoms with Crippen molar-refractivity contribution in [2.24, 2.45) is 0 Å². The maximum Gasteiger partial charge on any atom is 0.242 e. The molecule has 2 heterocycles. The number of rotatable bonds is 1. The highest BCUT2D eigenvalue weighted by Gasteiger charge is 2.43. The molecule has 3 rings (SSSR count). The van der Waals surface area contributed by atoms with Gasteiger partial charge < -0.3 is 9.80 Å². The molecule has 0 aliphatic carbocycles. The highest BCUT2D eigenvalue weighted by atomic mass is 16.2. The van der Waals surface area contributed by atoms with Gasteiger partial charge >= 0.3 is 0 Å². The molecule has 0 spiro atoms. The van der Waals surface area contributed by atoms with Crippen molar-refractivity contribution < 1.29 is 9.59 Å². The molecule has 0 saturated carbocycles. The molecule has 1 fully saturated rings. The second-order valence-corrected chi connectivity index (χ2v) is 6.64. The van der Waals surface area contributed by atoms with Crippen LogP contribution in [-0.2, 0) is 15.0 Å². The van der Waals surface area contributed by atoms with Crippen molar-refractivity contribution >= 4 is 11.8 Å². The Kier molecular flexibility index (Phi) is 3.27. The SMILES string of the molecule is CCC(=O)N1CC(=O)N2CC(C)(C)c3ccccc3C2C1. The van der Waals surface area contributed by atoms with Crippen molar-refractivity contribution in [2.45, 2.75) is 38.6 Å². The van der Waals surface area contributed by atoms with Gasteiger partial charge in [-0.15, -0.1) is 0 Å². The van der Waals surface area contributed by atoms with Crippen LogP contribution in [0, 0.1) is 0 Å². The third-order valence-corrected chi connectivity index (χ3v) is 4.69. The van der Waals surface area contributed by atoms with Crippen molar-refractivity contribution in [3.8, 4) is 0 Å². The van der Waals surface area contributed by atoms with Gasteiger partial charge in [0.1, 0.15) is 0 Å². The maximum absolute atomic E-state index is 12.5. The van der Waals surface area contributed by atoms with Crippen LogP contribution in [0.3, 0.4) is 0 Å². The lowest BCUT2D eigenvalue weighted by Gasteiger charge is -2.49. The summed E-state index contributed by atoms with van der Waals surface area (Å²) < 4.78 is 0. The first-order valence-electron chi connectivity index (χ1n) is 7.60. The fraction of sp³-hybridized carbons (Fsp3) is 0.529. The first kappa shape index (κ1) is 14.1. The van der Waals surface area contributed by atoms with Crippen LogP contribution in [0.1, 0.15) is 44.4 Å². The Morgan fingerprint density at radius 1 is 1.33 bits per heavy atom. The van der Waals surface area contributed by atoms with Crippen LogP contribution < -0.4 is 0 Å². The monoisotopic (exact) mass is 286 g/mol. The molecule has 0 radical (unpaired) electrons. The zero-order valence-corrected chi connectivity index (χ0v) is 12.9. The predicted octanol–water partition coefficient (Wildman–Crippen LogP) is 2.10. The molecule has 1 aromatic carbocycles. The molecular weight excluding hydrogens is 264 g/mol. The van der Waals surface area contributed by atoms with E-state index in [1.165, 1.54) is 11.1 Å². The number of benzene rings is 1. The van der Waals surface area contributed by atoms with E-state index in [0.29, 0.717) is 13.0 Å². The Balaban J connectivity index is 2.02. The summed E-state index contributed by atoms with van der Waals surface area (Å²) in [4.78, 5) is 28.1. The van der Waals surface area contributed by atoms with Crippen molar-refractivity contribution in [1.82, 2.24) is 9.80 Å². The van der Waals surface area contributed by atoms with Crippen molar-refractivity contribution in [1.29, 1.82) is 0 Å². The Labute approximate surface area is 125 Å². The summed E-state index contributed by atoms with van der Waals surface area (Å²) in [5, 5.41) is 0. The molecule has 4 heteroatoms. The lowest BCUT2D eigenvalue weighted by molar-refractivity contribution is -0.150. The van der Waals surface area contributed by atoms with Gasteiger partial charge in [0.2, 0.25) is 11.8 Å². The van der Waals surface area contributed by atoms with Crippen LogP contribution in [0.25, 0.3) is 0 Å². The molecule has 2 aliphatic heterocycles. The first-order chi connectivity index (χ1) is 9.94. The number of nitrogens with zero attached hydrogens (tertiary/aromatic N) is 2. The molecular formula is C17H22N2O2. The van der Waals surface area contributed by atoms with Gasteiger partial charge in [-0.25, -0.2) is 0 Å². The van der Waals surface area contributed by atoms with Gasteiger partial charge in [-0.1, -0.05) is 45.0 Å². The zero-order valence-electron chi connectivity index (χ0n) is 12.9. The van der Waals surface area contributed by atoms with E-state index in [0.717, 1.165) is 6.54 Å². The van der Waals surface area contributed by atoms with E-state index in [2.05, 4.69) is 32.0 Å². The third kappa shape index (κ3) is 2.23. The van der Waals surface area contributed by atoms with Crippen molar-refractivity contribution in [3.63, 3.8) is 0 Å². The van der Waals surface area contributed by atoms with Crippen LogP contribution in [0.15, 0.2) is 24.3 Å². The number of piperazine rings is 1. The van der Waals surface area contributed by atoms with Gasteiger partial charge in [-0.05, 0) is 11.1 Å². The summed E-state index contributed by atoms with van der Waals surface area (Å²) in [6, 6.07) is 8.32. The summed E-state index contributed by atoms with van der Waals surface area (Å²) in [6.45, 7) is 7.77. The van der Waals surface area contributed by atoms with Gasteiger partial charge in [0, 0.05) is 24.9 Å². The number of fused-ring (bicyclic) bond motifs is 3. The average molecular weight is 286 g/mol. The molecule has 1 atom stereocenters. The fourth-order valence-electron chi connectivity index (χ4n) is 3.59. The molecule has 1 aromatic rings. The van der Waals surface area contributed by atoms with E-state index in [1.54, 1.807) is 4.90 Å². The summed E-state index contributed by atoms with van der Waals surface area (Å²) in [5.41, 5.74) is 2.44. The molecule has 112 valence electrons. The van der Waals surface area contributed by atoms with Crippen LogP contribution in [0.2, 0.25) is 0 Å². The minimum atomic E-state index is -0.0420. The van der Waals surface area contributed by atoms with Gasteiger partial charge in [0.15, 0.2) is 0 Å². The summed E-state index contributed by atoms with van der Waals surface area (Å²) in [5.74, 6) is 0.126. The highest BCUT2D eigenvalue weighted by molar-refractivity contribution is 5.86. The van der Waals surface area contributed by atoms with E-state index < -0.39 is 0 Å². The normalized spacial score (nSPS) is 23.6. The largest absolute Gasteiger partial charge is 0.331 e. The van der Waals surface area contributed by atoms with Crippen LogP contribution in [0.5, 0.6) is 0 Å². The zero-order chi connectivity index (χ0) is 15.2. The average Bonchev–Trinajstić information content (AvgIpc) is 2.47. The lowest BCUT2D eigenvalue weighted by Crippen LogP contribution is -2.58. The minimum absolute atomic E-state index is 0.00553. The second-order valence-electron chi connectivity index (χ2n) is 6.64. The lowest BCUT2D eigenvalue weighted by atomic mass is 9.75.